The van der Waals surface area contributed by atoms with Crippen molar-refractivity contribution in [2.45, 2.75) is 59.4 Å². The number of nitrogens with zero attached hydrogens (tertiary/aromatic N) is 1. The van der Waals surface area contributed by atoms with Crippen molar-refractivity contribution in [3.63, 3.8) is 0 Å². The van der Waals surface area contributed by atoms with Gasteiger partial charge in [-0.15, -0.1) is 0 Å². The van der Waals surface area contributed by atoms with Crippen LogP contribution in [0.3, 0.4) is 0 Å². The fourth-order valence-corrected chi connectivity index (χ4v) is 4.68. The van der Waals surface area contributed by atoms with Crippen LogP contribution in [0.2, 0.25) is 0 Å². The molecular weight excluding hydrogens is 424 g/mol. The van der Waals surface area contributed by atoms with Crippen LogP contribution in [0.15, 0.2) is 77.5 Å². The molecule has 3 N–H and O–H groups in total. The molecule has 5 heteroatoms. The number of hydrogen-bond acceptors (Lipinski definition) is 3. The van der Waals surface area contributed by atoms with E-state index in [2.05, 4.69) is 79.4 Å². The third kappa shape index (κ3) is 8.65. The molecule has 3 rings (SSSR count). The Morgan fingerprint density at radius 1 is 0.970 bits per heavy atom. The second kappa shape index (κ2) is 13.1. The van der Waals surface area contributed by atoms with Crippen molar-refractivity contribution in [2.75, 3.05) is 16.8 Å². The monoisotopic (exact) mass is 462 g/mol. The molecule has 3 aromatic rings. The minimum atomic E-state index is 0.112. The number of nitrogens with one attached hydrogen (secondary N) is 3. The molecule has 0 amide bonds. The smallest absolute Gasteiger partial charge is 0.130 e. The lowest BCUT2D eigenvalue weighted by molar-refractivity contribution is 0.822. The Kier molecular flexibility index (Phi) is 9.95. The van der Waals surface area contributed by atoms with Crippen molar-refractivity contribution < 1.29 is 0 Å². The van der Waals surface area contributed by atoms with E-state index in [-0.39, 0.29) is 6.04 Å². The number of allylic oxidation sites excluding steroid dienone is 5. The van der Waals surface area contributed by atoms with E-state index in [1.165, 1.54) is 23.1 Å². The van der Waals surface area contributed by atoms with E-state index in [0.29, 0.717) is 0 Å². The van der Waals surface area contributed by atoms with E-state index >= 15 is 0 Å². The molecule has 176 valence electrons. The predicted molar refractivity (Wildman–Crippen MR) is 146 cm³/mol. The maximum atomic E-state index is 4.82. The number of thioether (sulfide) groups is 1. The zero-order valence-corrected chi connectivity index (χ0v) is 21.3. The first-order chi connectivity index (χ1) is 16.0. The lowest BCUT2D eigenvalue weighted by Crippen LogP contribution is -2.15. The summed E-state index contributed by atoms with van der Waals surface area (Å²) in [6.07, 6.45) is 13.6. The van der Waals surface area contributed by atoms with Gasteiger partial charge in [-0.05, 0) is 77.6 Å². The molecule has 0 fully saturated rings. The normalized spacial score (nSPS) is 13.3. The van der Waals surface area contributed by atoms with Gasteiger partial charge in [-0.25, -0.2) is 4.98 Å². The summed E-state index contributed by atoms with van der Waals surface area (Å²) in [5, 5.41) is 3.59. The van der Waals surface area contributed by atoms with E-state index in [1.54, 1.807) is 0 Å². The van der Waals surface area contributed by atoms with Gasteiger partial charge in [0.05, 0.1) is 17.1 Å². The largest absolute Gasteiger partial charge is 0.361 e. The Balaban J connectivity index is 1.49. The predicted octanol–water partition coefficient (Wildman–Crippen LogP) is 8.20. The number of aromatic nitrogens is 3. The highest BCUT2D eigenvalue weighted by Crippen LogP contribution is 2.24. The summed E-state index contributed by atoms with van der Waals surface area (Å²) in [5.41, 5.74) is 6.46. The van der Waals surface area contributed by atoms with Crippen molar-refractivity contribution in [1.82, 2.24) is 15.0 Å². The van der Waals surface area contributed by atoms with Crippen molar-refractivity contribution in [3.05, 3.63) is 83.4 Å². The molecule has 0 aliphatic rings. The molecule has 0 radical (unpaired) electrons. The fourth-order valence-electron chi connectivity index (χ4n) is 3.66. The molecule has 0 saturated carbocycles. The van der Waals surface area contributed by atoms with Crippen LogP contribution in [0.1, 0.15) is 65.2 Å². The summed E-state index contributed by atoms with van der Waals surface area (Å²) in [5.74, 6) is 3.94. The van der Waals surface area contributed by atoms with Crippen molar-refractivity contribution >= 4 is 28.6 Å². The minimum Gasteiger partial charge on any atom is -0.361 e. The molecule has 2 heterocycles. The lowest BCUT2D eigenvalue weighted by Gasteiger charge is -2.16. The van der Waals surface area contributed by atoms with Gasteiger partial charge in [0.1, 0.15) is 11.6 Å². The highest BCUT2D eigenvalue weighted by Gasteiger charge is 2.16. The third-order valence-electron chi connectivity index (χ3n) is 5.62. The topological polar surface area (TPSA) is 56.5 Å². The number of H-pyrrole nitrogens is 2. The van der Waals surface area contributed by atoms with Crippen LogP contribution in [0.5, 0.6) is 0 Å². The van der Waals surface area contributed by atoms with E-state index in [4.69, 9.17) is 4.98 Å². The summed E-state index contributed by atoms with van der Waals surface area (Å²) in [6, 6.07) is 12.4. The molecule has 2 aromatic heterocycles. The molecule has 1 unspecified atom stereocenters. The molecule has 1 aromatic carbocycles. The summed E-state index contributed by atoms with van der Waals surface area (Å²) in [7, 11) is 0. The zero-order valence-electron chi connectivity index (χ0n) is 20.4. The van der Waals surface area contributed by atoms with E-state index in [1.807, 2.05) is 36.2 Å². The number of para-hydroxylation sites is 2. The van der Waals surface area contributed by atoms with Gasteiger partial charge in [0, 0.05) is 17.7 Å². The number of imidazole rings is 1. The maximum Gasteiger partial charge on any atom is 0.130 e. The van der Waals surface area contributed by atoms with Crippen LogP contribution >= 0.6 is 11.8 Å². The Labute approximate surface area is 203 Å². The van der Waals surface area contributed by atoms with Gasteiger partial charge < -0.3 is 15.3 Å². The molecular formula is C28H38N4S. The van der Waals surface area contributed by atoms with Crippen LogP contribution < -0.4 is 5.32 Å². The van der Waals surface area contributed by atoms with Crippen LogP contribution in [0, 0.1) is 0 Å². The SMILES string of the molecule is CC(C)=CCCC(C)=CCCC(C)=CCSCC(Nc1ccc[nH]1)c1nc2ccccc2[nH]1. The first-order valence-corrected chi connectivity index (χ1v) is 13.0. The van der Waals surface area contributed by atoms with Gasteiger partial charge in [0.2, 0.25) is 0 Å². The molecule has 0 spiro atoms. The number of benzene rings is 1. The fraction of sp³-hybridized carbons (Fsp3) is 0.393. The first-order valence-electron chi connectivity index (χ1n) is 11.9. The first kappa shape index (κ1) is 25.0. The van der Waals surface area contributed by atoms with Crippen molar-refractivity contribution in [2.24, 2.45) is 0 Å². The number of aromatic amines is 2. The summed E-state index contributed by atoms with van der Waals surface area (Å²) >= 11 is 1.94. The zero-order chi connectivity index (χ0) is 23.5. The molecule has 4 nitrogen and oxygen atoms in total. The number of anilines is 1. The van der Waals surface area contributed by atoms with Crippen LogP contribution in [-0.2, 0) is 0 Å². The Morgan fingerprint density at radius 3 is 2.45 bits per heavy atom. The summed E-state index contributed by atoms with van der Waals surface area (Å²) in [4.78, 5) is 11.6. The summed E-state index contributed by atoms with van der Waals surface area (Å²) < 4.78 is 0. The van der Waals surface area contributed by atoms with Gasteiger partial charge in [-0.2, -0.15) is 11.8 Å². The van der Waals surface area contributed by atoms with Gasteiger partial charge >= 0.3 is 0 Å². The van der Waals surface area contributed by atoms with E-state index in [9.17, 15) is 0 Å². The lowest BCUT2D eigenvalue weighted by atomic mass is 10.1. The van der Waals surface area contributed by atoms with Gasteiger partial charge in [-0.3, -0.25) is 0 Å². The highest BCUT2D eigenvalue weighted by atomic mass is 32.2. The minimum absolute atomic E-state index is 0.112. The molecule has 0 aliphatic carbocycles. The number of hydrogen-bond donors (Lipinski definition) is 3. The third-order valence-corrected chi connectivity index (χ3v) is 6.59. The Bertz CT molecular complexity index is 1040. The van der Waals surface area contributed by atoms with Crippen LogP contribution in [0.4, 0.5) is 5.82 Å². The van der Waals surface area contributed by atoms with Crippen molar-refractivity contribution in [1.29, 1.82) is 0 Å². The van der Waals surface area contributed by atoms with Gasteiger partial charge in [0.25, 0.3) is 0 Å². The average molecular weight is 463 g/mol. The van der Waals surface area contributed by atoms with Crippen LogP contribution in [-0.4, -0.2) is 26.5 Å². The molecule has 0 aliphatic heterocycles. The van der Waals surface area contributed by atoms with Crippen LogP contribution in [0.25, 0.3) is 11.0 Å². The Hall–Kier alpha value is -2.66. The standard InChI is InChI=1S/C28H38N4S/c1-21(2)10-7-11-22(3)12-8-13-23(4)17-19-33-20-26(30-27-16-9-18-29-27)28-31-24-14-5-6-15-25(24)32-28/h5-6,9-10,12,14-18,26,29-30H,7-8,11,13,19-20H2,1-4H3,(H,31,32). The second-order valence-electron chi connectivity index (χ2n) is 8.92. The second-order valence-corrected chi connectivity index (χ2v) is 9.99. The highest BCUT2D eigenvalue weighted by molar-refractivity contribution is 7.99. The number of fused-ring (bicyclic) bond motifs is 1. The van der Waals surface area contributed by atoms with E-state index < -0.39 is 0 Å². The number of rotatable bonds is 13. The Morgan fingerprint density at radius 2 is 1.73 bits per heavy atom. The molecule has 33 heavy (non-hydrogen) atoms. The maximum absolute atomic E-state index is 4.82. The quantitative estimate of drug-likeness (QED) is 0.177. The van der Waals surface area contributed by atoms with Gasteiger partial charge in [0.15, 0.2) is 0 Å². The van der Waals surface area contributed by atoms with Crippen molar-refractivity contribution in [3.8, 4) is 0 Å². The summed E-state index contributed by atoms with van der Waals surface area (Å²) in [6.45, 7) is 8.84. The van der Waals surface area contributed by atoms with Gasteiger partial charge in [-0.1, -0.05) is 47.1 Å². The average Bonchev–Trinajstić information content (AvgIpc) is 3.45. The molecule has 1 atom stereocenters. The van der Waals surface area contributed by atoms with E-state index in [0.717, 1.165) is 53.4 Å². The molecule has 0 bridgehead atoms. The molecule has 0 saturated heterocycles.